The van der Waals surface area contributed by atoms with Gasteiger partial charge in [0.25, 0.3) is 0 Å². The average Bonchev–Trinajstić information content (AvgIpc) is 2.61. The minimum atomic E-state index is -4.28. The van der Waals surface area contributed by atoms with Crippen molar-refractivity contribution in [2.45, 2.75) is 37.9 Å². The molecule has 1 aromatic carbocycles. The van der Waals surface area contributed by atoms with Crippen molar-refractivity contribution in [3.63, 3.8) is 0 Å². The summed E-state index contributed by atoms with van der Waals surface area (Å²) in [5, 5.41) is 5.69. The SMILES string of the molecule is CN(CC(=O)Nc1ccccc1Cl)C(=O)CN[C@H]1CCCC[C@H]1C(F)(F)F. The van der Waals surface area contributed by atoms with Crippen molar-refractivity contribution >= 4 is 29.1 Å². The monoisotopic (exact) mass is 405 g/mol. The smallest absolute Gasteiger partial charge is 0.335 e. The second-order valence-electron chi connectivity index (χ2n) is 6.70. The van der Waals surface area contributed by atoms with Crippen LogP contribution in [0.1, 0.15) is 25.7 Å². The van der Waals surface area contributed by atoms with E-state index in [1.54, 1.807) is 24.3 Å². The molecule has 150 valence electrons. The topological polar surface area (TPSA) is 61.4 Å². The Morgan fingerprint density at radius 1 is 1.22 bits per heavy atom. The minimum Gasteiger partial charge on any atom is -0.335 e. The zero-order valence-corrected chi connectivity index (χ0v) is 15.7. The van der Waals surface area contributed by atoms with Crippen LogP contribution in [-0.2, 0) is 9.59 Å². The number of carbonyl (C=O) groups is 2. The molecule has 1 fully saturated rings. The summed E-state index contributed by atoms with van der Waals surface area (Å²) in [7, 11) is 1.43. The van der Waals surface area contributed by atoms with Gasteiger partial charge < -0.3 is 15.5 Å². The lowest BCUT2D eigenvalue weighted by Crippen LogP contribution is -2.49. The highest BCUT2D eigenvalue weighted by Gasteiger charge is 2.45. The number of anilines is 1. The van der Waals surface area contributed by atoms with Crippen molar-refractivity contribution in [2.24, 2.45) is 5.92 Å². The maximum Gasteiger partial charge on any atom is 0.393 e. The molecular weight excluding hydrogens is 383 g/mol. The van der Waals surface area contributed by atoms with Gasteiger partial charge in [-0.15, -0.1) is 0 Å². The third kappa shape index (κ3) is 6.39. The lowest BCUT2D eigenvalue weighted by Gasteiger charge is -2.33. The van der Waals surface area contributed by atoms with Gasteiger partial charge in [0.1, 0.15) is 0 Å². The largest absolute Gasteiger partial charge is 0.393 e. The van der Waals surface area contributed by atoms with E-state index in [1.807, 2.05) is 0 Å². The molecule has 1 aliphatic carbocycles. The molecule has 1 saturated carbocycles. The van der Waals surface area contributed by atoms with Crippen LogP contribution in [0.4, 0.5) is 18.9 Å². The summed E-state index contributed by atoms with van der Waals surface area (Å²) in [6.45, 7) is -0.466. The fourth-order valence-electron chi connectivity index (χ4n) is 3.18. The predicted molar refractivity (Wildman–Crippen MR) is 97.5 cm³/mol. The number of halogens is 4. The molecule has 0 radical (unpaired) electrons. The highest BCUT2D eigenvalue weighted by Crippen LogP contribution is 2.37. The first-order valence-electron chi connectivity index (χ1n) is 8.77. The Morgan fingerprint density at radius 2 is 1.89 bits per heavy atom. The van der Waals surface area contributed by atoms with Gasteiger partial charge in [0, 0.05) is 13.1 Å². The van der Waals surface area contributed by atoms with Gasteiger partial charge in [-0.05, 0) is 25.0 Å². The highest BCUT2D eigenvalue weighted by atomic mass is 35.5. The maximum absolute atomic E-state index is 13.1. The van der Waals surface area contributed by atoms with Crippen molar-refractivity contribution in [2.75, 3.05) is 25.5 Å². The minimum absolute atomic E-state index is 0.0748. The van der Waals surface area contributed by atoms with Gasteiger partial charge >= 0.3 is 6.18 Å². The molecule has 2 rings (SSSR count). The van der Waals surface area contributed by atoms with E-state index in [4.69, 9.17) is 11.6 Å². The van der Waals surface area contributed by atoms with Crippen LogP contribution in [0, 0.1) is 5.92 Å². The maximum atomic E-state index is 13.1. The Hall–Kier alpha value is -1.80. The summed E-state index contributed by atoms with van der Waals surface area (Å²) in [5.41, 5.74) is 0.429. The summed E-state index contributed by atoms with van der Waals surface area (Å²) in [6, 6.07) is 5.91. The predicted octanol–water partition coefficient (Wildman–Crippen LogP) is 3.45. The number of hydrogen-bond donors (Lipinski definition) is 2. The molecule has 0 spiro atoms. The first kappa shape index (κ1) is 21.5. The van der Waals surface area contributed by atoms with Crippen LogP contribution >= 0.6 is 11.6 Å². The van der Waals surface area contributed by atoms with Crippen molar-refractivity contribution < 1.29 is 22.8 Å². The molecule has 2 N–H and O–H groups in total. The summed E-state index contributed by atoms with van der Waals surface area (Å²) >= 11 is 5.96. The fourth-order valence-corrected chi connectivity index (χ4v) is 3.36. The van der Waals surface area contributed by atoms with Crippen LogP contribution in [-0.4, -0.2) is 49.1 Å². The summed E-state index contributed by atoms with van der Waals surface area (Å²) in [4.78, 5) is 25.4. The zero-order chi connectivity index (χ0) is 20.0. The Kier molecular flexibility index (Phi) is 7.49. The van der Waals surface area contributed by atoms with Crippen LogP contribution in [0.25, 0.3) is 0 Å². The van der Waals surface area contributed by atoms with E-state index in [-0.39, 0.29) is 19.5 Å². The molecule has 0 aliphatic heterocycles. The molecule has 0 unspecified atom stereocenters. The Labute approximate surface area is 161 Å². The first-order chi connectivity index (χ1) is 12.7. The standard InChI is InChI=1S/C18H23ClF3N3O2/c1-25(11-16(26)24-15-9-5-3-7-13(15)19)17(27)10-23-14-8-4-2-6-12(14)18(20,21)22/h3,5,7,9,12,14,23H,2,4,6,8,10-11H2,1H3,(H,24,26)/t12-,14+/m1/s1. The van der Waals surface area contributed by atoms with Gasteiger partial charge in [0.2, 0.25) is 11.8 Å². The summed E-state index contributed by atoms with van der Waals surface area (Å²) in [6.07, 6.45) is -2.57. The van der Waals surface area contributed by atoms with E-state index in [0.717, 1.165) is 0 Å². The fraction of sp³-hybridized carbons (Fsp3) is 0.556. The van der Waals surface area contributed by atoms with Gasteiger partial charge in [0.05, 0.1) is 29.7 Å². The van der Waals surface area contributed by atoms with Crippen molar-refractivity contribution in [3.8, 4) is 0 Å². The van der Waals surface area contributed by atoms with E-state index in [0.29, 0.717) is 30.0 Å². The van der Waals surface area contributed by atoms with E-state index >= 15 is 0 Å². The Bertz CT molecular complexity index is 669. The molecule has 0 aromatic heterocycles. The molecule has 0 saturated heterocycles. The van der Waals surface area contributed by atoms with E-state index < -0.39 is 30.0 Å². The van der Waals surface area contributed by atoms with Crippen molar-refractivity contribution in [1.29, 1.82) is 0 Å². The molecule has 27 heavy (non-hydrogen) atoms. The number of likely N-dealkylation sites (N-methyl/N-ethyl adjacent to an activating group) is 1. The second-order valence-corrected chi connectivity index (χ2v) is 7.10. The molecule has 2 atom stereocenters. The molecular formula is C18H23ClF3N3O2. The first-order valence-corrected chi connectivity index (χ1v) is 9.14. The van der Waals surface area contributed by atoms with Gasteiger partial charge in [-0.25, -0.2) is 0 Å². The molecule has 5 nitrogen and oxygen atoms in total. The number of amides is 2. The third-order valence-electron chi connectivity index (χ3n) is 4.66. The van der Waals surface area contributed by atoms with Crippen molar-refractivity contribution in [3.05, 3.63) is 29.3 Å². The lowest BCUT2D eigenvalue weighted by atomic mass is 9.84. The van der Waals surface area contributed by atoms with Crippen LogP contribution < -0.4 is 10.6 Å². The number of nitrogens with one attached hydrogen (secondary N) is 2. The molecule has 2 amide bonds. The van der Waals surface area contributed by atoms with Crippen LogP contribution in [0.2, 0.25) is 5.02 Å². The second kappa shape index (κ2) is 9.41. The summed E-state index contributed by atoms with van der Waals surface area (Å²) in [5.74, 6) is -2.33. The average molecular weight is 406 g/mol. The van der Waals surface area contributed by atoms with Gasteiger partial charge in [-0.3, -0.25) is 9.59 Å². The third-order valence-corrected chi connectivity index (χ3v) is 4.99. The molecule has 0 heterocycles. The summed E-state index contributed by atoms with van der Waals surface area (Å²) < 4.78 is 39.3. The Morgan fingerprint density at radius 3 is 2.56 bits per heavy atom. The van der Waals surface area contributed by atoms with E-state index in [1.165, 1.54) is 11.9 Å². The quantitative estimate of drug-likeness (QED) is 0.762. The number of hydrogen-bond acceptors (Lipinski definition) is 3. The van der Waals surface area contributed by atoms with Gasteiger partial charge in [0.15, 0.2) is 0 Å². The Balaban J connectivity index is 1.82. The van der Waals surface area contributed by atoms with Crippen LogP contribution in [0.3, 0.4) is 0 Å². The zero-order valence-electron chi connectivity index (χ0n) is 15.0. The number of nitrogens with zero attached hydrogens (tertiary/aromatic N) is 1. The van der Waals surface area contributed by atoms with Crippen LogP contribution in [0.15, 0.2) is 24.3 Å². The van der Waals surface area contributed by atoms with Crippen molar-refractivity contribution in [1.82, 2.24) is 10.2 Å². The van der Waals surface area contributed by atoms with Gasteiger partial charge in [-0.1, -0.05) is 36.6 Å². The molecule has 1 aromatic rings. The van der Waals surface area contributed by atoms with E-state index in [2.05, 4.69) is 10.6 Å². The van der Waals surface area contributed by atoms with E-state index in [9.17, 15) is 22.8 Å². The highest BCUT2D eigenvalue weighted by molar-refractivity contribution is 6.33. The number of benzene rings is 1. The molecule has 1 aliphatic rings. The normalized spacial score (nSPS) is 20.2. The molecule has 0 bridgehead atoms. The lowest BCUT2D eigenvalue weighted by molar-refractivity contribution is -0.189. The number of para-hydroxylation sites is 1. The number of carbonyl (C=O) groups excluding carboxylic acids is 2. The van der Waals surface area contributed by atoms with Crippen LogP contribution in [0.5, 0.6) is 0 Å². The number of alkyl halides is 3. The molecule has 9 heteroatoms. The van der Waals surface area contributed by atoms with Gasteiger partial charge in [-0.2, -0.15) is 13.2 Å². The number of rotatable bonds is 6.